The highest BCUT2D eigenvalue weighted by Crippen LogP contribution is 2.07. The summed E-state index contributed by atoms with van der Waals surface area (Å²) < 4.78 is 18.3. The monoisotopic (exact) mass is 254 g/mol. The number of nitrogens with one attached hydrogen (secondary N) is 1. The molecule has 0 amide bonds. The Kier molecular flexibility index (Phi) is 7.57. The molecule has 0 radical (unpaired) electrons. The summed E-state index contributed by atoms with van der Waals surface area (Å²) in [7, 11) is 3.75. The van der Waals surface area contributed by atoms with E-state index < -0.39 is 0 Å². The van der Waals surface area contributed by atoms with Gasteiger partial charge in [-0.25, -0.2) is 4.39 Å². The first-order chi connectivity index (χ1) is 8.74. The smallest absolute Gasteiger partial charge is 0.126 e. The van der Waals surface area contributed by atoms with Crippen LogP contribution in [0.2, 0.25) is 0 Å². The van der Waals surface area contributed by atoms with Gasteiger partial charge in [-0.3, -0.25) is 0 Å². The average molecular weight is 254 g/mol. The molecule has 4 heteroatoms. The van der Waals surface area contributed by atoms with Gasteiger partial charge in [0.1, 0.15) is 5.82 Å². The van der Waals surface area contributed by atoms with Gasteiger partial charge < -0.3 is 15.0 Å². The molecule has 3 nitrogen and oxygen atoms in total. The van der Waals surface area contributed by atoms with E-state index in [2.05, 4.69) is 17.3 Å². The first kappa shape index (κ1) is 15.1. The van der Waals surface area contributed by atoms with Crippen molar-refractivity contribution in [3.8, 4) is 0 Å². The molecule has 0 aliphatic heterocycles. The van der Waals surface area contributed by atoms with Crippen LogP contribution < -0.4 is 5.32 Å². The molecule has 0 aliphatic rings. The molecule has 0 unspecified atom stereocenters. The molecule has 1 rings (SSSR count). The summed E-state index contributed by atoms with van der Waals surface area (Å²) in [5, 5.41) is 3.29. The second-order valence-corrected chi connectivity index (χ2v) is 4.39. The van der Waals surface area contributed by atoms with Crippen molar-refractivity contribution in [3.63, 3.8) is 0 Å². The topological polar surface area (TPSA) is 24.5 Å². The Labute approximate surface area is 109 Å². The molecule has 0 spiro atoms. The highest BCUT2D eigenvalue weighted by atomic mass is 19.1. The molecule has 18 heavy (non-hydrogen) atoms. The lowest BCUT2D eigenvalue weighted by Crippen LogP contribution is -2.32. The summed E-state index contributed by atoms with van der Waals surface area (Å²) in [4.78, 5) is 2.20. The Morgan fingerprint density at radius 3 is 2.72 bits per heavy atom. The predicted octanol–water partition coefficient (Wildman–Crippen LogP) is 1.54. The minimum Gasteiger partial charge on any atom is -0.383 e. The van der Waals surface area contributed by atoms with Gasteiger partial charge in [-0.15, -0.1) is 0 Å². The lowest BCUT2D eigenvalue weighted by molar-refractivity contribution is 0.198. The molecule has 0 fully saturated rings. The molecule has 102 valence electrons. The van der Waals surface area contributed by atoms with Crippen molar-refractivity contribution in [2.75, 3.05) is 46.9 Å². The summed E-state index contributed by atoms with van der Waals surface area (Å²) in [5.74, 6) is -0.107. The summed E-state index contributed by atoms with van der Waals surface area (Å²) >= 11 is 0. The fourth-order valence-corrected chi connectivity index (χ4v) is 1.69. The molecule has 0 heterocycles. The molecule has 0 atom stereocenters. The van der Waals surface area contributed by atoms with E-state index in [0.717, 1.165) is 44.8 Å². The van der Waals surface area contributed by atoms with Crippen LogP contribution in [0.4, 0.5) is 4.39 Å². The van der Waals surface area contributed by atoms with Gasteiger partial charge in [0.05, 0.1) is 6.61 Å². The second-order valence-electron chi connectivity index (χ2n) is 4.39. The van der Waals surface area contributed by atoms with Gasteiger partial charge in [0.2, 0.25) is 0 Å². The zero-order valence-corrected chi connectivity index (χ0v) is 11.3. The third-order valence-corrected chi connectivity index (χ3v) is 2.87. The van der Waals surface area contributed by atoms with Crippen LogP contribution in [-0.4, -0.2) is 51.8 Å². The van der Waals surface area contributed by atoms with Gasteiger partial charge in [-0.05, 0) is 25.1 Å². The van der Waals surface area contributed by atoms with Crippen molar-refractivity contribution in [2.24, 2.45) is 0 Å². The normalized spacial score (nSPS) is 11.1. The molecule has 0 aliphatic carbocycles. The fraction of sp³-hybridized carbons (Fsp3) is 0.571. The SMILES string of the molecule is COCCNCCN(C)CCc1ccccc1F. The standard InChI is InChI=1S/C14H23FN2O/c1-17(11-8-16-9-12-18-2)10-7-13-5-3-4-6-14(13)15/h3-6,16H,7-12H2,1-2H3. The summed E-state index contributed by atoms with van der Waals surface area (Å²) in [6.45, 7) is 4.36. The number of halogens is 1. The van der Waals surface area contributed by atoms with Gasteiger partial charge in [0.25, 0.3) is 0 Å². The van der Waals surface area contributed by atoms with Crippen molar-refractivity contribution >= 4 is 0 Å². The highest BCUT2D eigenvalue weighted by Gasteiger charge is 2.03. The van der Waals surface area contributed by atoms with E-state index in [1.54, 1.807) is 13.2 Å². The lowest BCUT2D eigenvalue weighted by atomic mass is 10.1. The number of ether oxygens (including phenoxy) is 1. The maximum atomic E-state index is 13.4. The fourth-order valence-electron chi connectivity index (χ4n) is 1.69. The number of rotatable bonds is 9. The molecule has 0 saturated heterocycles. The van der Waals surface area contributed by atoms with Crippen LogP contribution in [0.15, 0.2) is 24.3 Å². The van der Waals surface area contributed by atoms with Crippen LogP contribution in [0.5, 0.6) is 0 Å². The third-order valence-electron chi connectivity index (χ3n) is 2.87. The Bertz CT molecular complexity index is 333. The molecule has 0 aromatic heterocycles. The minimum absolute atomic E-state index is 0.107. The second kappa shape index (κ2) is 9.03. The Morgan fingerprint density at radius 2 is 2.00 bits per heavy atom. The zero-order chi connectivity index (χ0) is 13.2. The van der Waals surface area contributed by atoms with Gasteiger partial charge in [-0.2, -0.15) is 0 Å². The molecule has 0 saturated carbocycles. The van der Waals surface area contributed by atoms with E-state index in [1.807, 2.05) is 12.1 Å². The Hall–Kier alpha value is -0.970. The summed E-state index contributed by atoms with van der Waals surface area (Å²) in [5.41, 5.74) is 0.789. The molecular weight excluding hydrogens is 231 g/mol. The van der Waals surface area contributed by atoms with Gasteiger partial charge in [0, 0.05) is 33.3 Å². The van der Waals surface area contributed by atoms with E-state index in [4.69, 9.17) is 4.74 Å². The molecule has 1 aromatic carbocycles. The van der Waals surface area contributed by atoms with Crippen LogP contribution in [0, 0.1) is 5.82 Å². The summed E-state index contributed by atoms with van der Waals surface area (Å²) in [6.07, 6.45) is 0.751. The van der Waals surface area contributed by atoms with Crippen molar-refractivity contribution < 1.29 is 9.13 Å². The quantitative estimate of drug-likeness (QED) is 0.677. The third kappa shape index (κ3) is 6.10. The Morgan fingerprint density at radius 1 is 1.22 bits per heavy atom. The summed E-state index contributed by atoms with van der Waals surface area (Å²) in [6, 6.07) is 6.97. The number of likely N-dealkylation sites (N-methyl/N-ethyl adjacent to an activating group) is 1. The average Bonchev–Trinajstić information content (AvgIpc) is 2.37. The van der Waals surface area contributed by atoms with E-state index in [0.29, 0.717) is 0 Å². The van der Waals surface area contributed by atoms with Crippen LogP contribution in [0.3, 0.4) is 0 Å². The van der Waals surface area contributed by atoms with Crippen LogP contribution in [0.25, 0.3) is 0 Å². The van der Waals surface area contributed by atoms with E-state index >= 15 is 0 Å². The highest BCUT2D eigenvalue weighted by molar-refractivity contribution is 5.17. The molecular formula is C14H23FN2O. The van der Waals surface area contributed by atoms with E-state index in [9.17, 15) is 4.39 Å². The predicted molar refractivity (Wildman–Crippen MR) is 72.3 cm³/mol. The Balaban J connectivity index is 2.13. The van der Waals surface area contributed by atoms with Gasteiger partial charge >= 0.3 is 0 Å². The van der Waals surface area contributed by atoms with Crippen LogP contribution >= 0.6 is 0 Å². The van der Waals surface area contributed by atoms with Crippen molar-refractivity contribution in [2.45, 2.75) is 6.42 Å². The first-order valence-electron chi connectivity index (χ1n) is 6.35. The van der Waals surface area contributed by atoms with Gasteiger partial charge in [-0.1, -0.05) is 18.2 Å². The van der Waals surface area contributed by atoms with Crippen molar-refractivity contribution in [3.05, 3.63) is 35.6 Å². The molecule has 0 bridgehead atoms. The van der Waals surface area contributed by atoms with Gasteiger partial charge in [0.15, 0.2) is 0 Å². The lowest BCUT2D eigenvalue weighted by Gasteiger charge is -2.17. The molecule has 1 aromatic rings. The number of hydrogen-bond donors (Lipinski definition) is 1. The molecule has 1 N–H and O–H groups in total. The van der Waals surface area contributed by atoms with Crippen LogP contribution in [0.1, 0.15) is 5.56 Å². The number of nitrogens with zero attached hydrogens (tertiary/aromatic N) is 1. The maximum absolute atomic E-state index is 13.4. The van der Waals surface area contributed by atoms with Crippen molar-refractivity contribution in [1.82, 2.24) is 10.2 Å². The largest absolute Gasteiger partial charge is 0.383 e. The number of benzene rings is 1. The van der Waals surface area contributed by atoms with Crippen molar-refractivity contribution in [1.29, 1.82) is 0 Å². The first-order valence-corrected chi connectivity index (χ1v) is 6.35. The van der Waals surface area contributed by atoms with E-state index in [1.165, 1.54) is 6.07 Å². The zero-order valence-electron chi connectivity index (χ0n) is 11.3. The number of methoxy groups -OCH3 is 1. The minimum atomic E-state index is -0.107. The van der Waals surface area contributed by atoms with E-state index in [-0.39, 0.29) is 5.82 Å². The van der Waals surface area contributed by atoms with Crippen LogP contribution in [-0.2, 0) is 11.2 Å². The maximum Gasteiger partial charge on any atom is 0.126 e. The number of hydrogen-bond acceptors (Lipinski definition) is 3.